The van der Waals surface area contributed by atoms with E-state index in [0.717, 1.165) is 26.2 Å². The number of aliphatic carboxylic acids is 1. The molecule has 128 valence electrons. The number of fused-ring (bicyclic) bond motifs is 1. The maximum Gasteiger partial charge on any atom is 0.490 e. The van der Waals surface area contributed by atoms with Crippen LogP contribution < -0.4 is 10.2 Å². The lowest BCUT2D eigenvalue weighted by Crippen LogP contribution is -2.44. The molecule has 1 fully saturated rings. The molecule has 2 aliphatic rings. The summed E-state index contributed by atoms with van der Waals surface area (Å²) in [5, 5.41) is 10.5. The number of halogens is 3. The summed E-state index contributed by atoms with van der Waals surface area (Å²) in [6.07, 6.45) is -5.08. The van der Waals surface area contributed by atoms with E-state index in [9.17, 15) is 13.2 Å². The molecule has 0 unspecified atom stereocenters. The van der Waals surface area contributed by atoms with E-state index in [1.165, 1.54) is 29.9 Å². The lowest BCUT2D eigenvalue weighted by atomic mass is 10.1. The van der Waals surface area contributed by atoms with E-state index in [0.29, 0.717) is 0 Å². The molecule has 2 heterocycles. The molecule has 0 radical (unpaired) electrons. The summed E-state index contributed by atoms with van der Waals surface area (Å²) >= 11 is 0. The second kappa shape index (κ2) is 7.18. The summed E-state index contributed by atoms with van der Waals surface area (Å²) in [4.78, 5) is 13.8. The number of hydrogen-bond acceptors (Lipinski definition) is 4. The van der Waals surface area contributed by atoms with Crippen LogP contribution in [0.15, 0.2) is 18.2 Å². The zero-order chi connectivity index (χ0) is 17.0. The van der Waals surface area contributed by atoms with Crippen LogP contribution in [0.25, 0.3) is 0 Å². The zero-order valence-electron chi connectivity index (χ0n) is 12.9. The fourth-order valence-electron chi connectivity index (χ4n) is 2.54. The highest BCUT2D eigenvalue weighted by Crippen LogP contribution is 2.23. The summed E-state index contributed by atoms with van der Waals surface area (Å²) in [6.45, 7) is 6.74. The molecular formula is C15H20F3N3O2. The van der Waals surface area contributed by atoms with Crippen LogP contribution in [0.3, 0.4) is 0 Å². The number of nitrogens with one attached hydrogen (secondary N) is 1. The molecule has 2 aliphatic heterocycles. The van der Waals surface area contributed by atoms with Gasteiger partial charge in [-0.3, -0.25) is 0 Å². The molecule has 23 heavy (non-hydrogen) atoms. The molecule has 0 aliphatic carbocycles. The van der Waals surface area contributed by atoms with Gasteiger partial charge < -0.3 is 20.2 Å². The number of carbonyl (C=O) groups is 1. The summed E-state index contributed by atoms with van der Waals surface area (Å²) in [7, 11) is 2.20. The standard InChI is InChI=1S/C13H19N3.C2HF3O2/c1-15-4-6-16(7-5-15)13-3-2-11-9-14-10-12(11)8-13;3-2(4,5)1(6)7/h2-3,8,14H,4-7,9-10H2,1H3;(H,6,7). The smallest absolute Gasteiger partial charge is 0.475 e. The normalized spacial score (nSPS) is 18.2. The second-order valence-corrected chi connectivity index (χ2v) is 5.65. The molecule has 1 aromatic rings. The summed E-state index contributed by atoms with van der Waals surface area (Å²) in [6, 6.07) is 6.92. The van der Waals surface area contributed by atoms with E-state index in [1.54, 1.807) is 0 Å². The predicted molar refractivity (Wildman–Crippen MR) is 80.4 cm³/mol. The molecule has 1 aromatic carbocycles. The van der Waals surface area contributed by atoms with E-state index in [1.807, 2.05) is 0 Å². The number of hydrogen-bond donors (Lipinski definition) is 2. The number of nitrogens with zero attached hydrogens (tertiary/aromatic N) is 2. The topological polar surface area (TPSA) is 55.8 Å². The van der Waals surface area contributed by atoms with E-state index < -0.39 is 12.1 Å². The monoisotopic (exact) mass is 331 g/mol. The molecule has 5 nitrogen and oxygen atoms in total. The third-order valence-electron chi connectivity index (χ3n) is 3.93. The van der Waals surface area contributed by atoms with Crippen LogP contribution >= 0.6 is 0 Å². The van der Waals surface area contributed by atoms with Crippen LogP contribution in [-0.2, 0) is 17.9 Å². The van der Waals surface area contributed by atoms with Gasteiger partial charge in [0.2, 0.25) is 0 Å². The van der Waals surface area contributed by atoms with Crippen molar-refractivity contribution in [3.05, 3.63) is 29.3 Å². The number of rotatable bonds is 1. The van der Waals surface area contributed by atoms with Crippen molar-refractivity contribution in [1.82, 2.24) is 10.2 Å². The Morgan fingerprint density at radius 1 is 1.13 bits per heavy atom. The van der Waals surface area contributed by atoms with E-state index in [2.05, 4.69) is 40.4 Å². The third kappa shape index (κ3) is 4.84. The average Bonchev–Trinajstić information content (AvgIpc) is 2.95. The van der Waals surface area contributed by atoms with Gasteiger partial charge in [-0.05, 0) is 30.3 Å². The van der Waals surface area contributed by atoms with Crippen molar-refractivity contribution in [1.29, 1.82) is 0 Å². The Kier molecular flexibility index (Phi) is 5.48. The lowest BCUT2D eigenvalue weighted by molar-refractivity contribution is -0.192. The minimum atomic E-state index is -5.08. The number of carboxylic acids is 1. The van der Waals surface area contributed by atoms with Gasteiger partial charge in [0.25, 0.3) is 0 Å². The Morgan fingerprint density at radius 2 is 1.70 bits per heavy atom. The van der Waals surface area contributed by atoms with Crippen LogP contribution in [0.1, 0.15) is 11.1 Å². The SMILES string of the molecule is CN1CCN(c2ccc3c(c2)CNC3)CC1.O=C(O)C(F)(F)F. The Balaban J connectivity index is 0.000000236. The van der Waals surface area contributed by atoms with Gasteiger partial charge in [-0.1, -0.05) is 6.07 Å². The highest BCUT2D eigenvalue weighted by molar-refractivity contribution is 5.73. The molecule has 0 spiro atoms. The fraction of sp³-hybridized carbons (Fsp3) is 0.533. The first-order chi connectivity index (χ1) is 10.8. The number of likely N-dealkylation sites (N-methyl/N-ethyl adjacent to an activating group) is 1. The minimum Gasteiger partial charge on any atom is -0.475 e. The maximum atomic E-state index is 10.6. The van der Waals surface area contributed by atoms with E-state index in [-0.39, 0.29) is 0 Å². The molecule has 0 aromatic heterocycles. The fourth-order valence-corrected chi connectivity index (χ4v) is 2.54. The largest absolute Gasteiger partial charge is 0.490 e. The van der Waals surface area contributed by atoms with Gasteiger partial charge in [-0.25, -0.2) is 4.79 Å². The third-order valence-corrected chi connectivity index (χ3v) is 3.93. The highest BCUT2D eigenvalue weighted by Gasteiger charge is 2.38. The maximum absolute atomic E-state index is 10.6. The first-order valence-corrected chi connectivity index (χ1v) is 7.33. The Bertz CT molecular complexity index is 555. The van der Waals surface area contributed by atoms with Crippen molar-refractivity contribution in [3.63, 3.8) is 0 Å². The van der Waals surface area contributed by atoms with Crippen LogP contribution in [0.4, 0.5) is 18.9 Å². The number of alkyl halides is 3. The van der Waals surface area contributed by atoms with E-state index in [4.69, 9.17) is 9.90 Å². The second-order valence-electron chi connectivity index (χ2n) is 5.65. The first-order valence-electron chi connectivity index (χ1n) is 7.33. The number of anilines is 1. The molecule has 0 atom stereocenters. The van der Waals surface area contributed by atoms with Crippen molar-refractivity contribution in [2.75, 3.05) is 38.1 Å². The number of carboxylic acid groups (broad SMARTS) is 1. The molecule has 0 bridgehead atoms. The van der Waals surface area contributed by atoms with Crippen LogP contribution in [-0.4, -0.2) is 55.4 Å². The van der Waals surface area contributed by atoms with Crippen molar-refractivity contribution in [2.24, 2.45) is 0 Å². The van der Waals surface area contributed by atoms with E-state index >= 15 is 0 Å². The van der Waals surface area contributed by atoms with Crippen LogP contribution in [0.2, 0.25) is 0 Å². The molecule has 8 heteroatoms. The van der Waals surface area contributed by atoms with Gasteiger partial charge in [0, 0.05) is 45.0 Å². The van der Waals surface area contributed by atoms with Crippen molar-refractivity contribution in [2.45, 2.75) is 19.3 Å². The van der Waals surface area contributed by atoms with Crippen molar-refractivity contribution in [3.8, 4) is 0 Å². The molecule has 2 N–H and O–H groups in total. The molecule has 3 rings (SSSR count). The predicted octanol–water partition coefficient (Wildman–Crippen LogP) is 1.67. The van der Waals surface area contributed by atoms with Gasteiger partial charge in [0.15, 0.2) is 0 Å². The first kappa shape index (κ1) is 17.6. The molecule has 0 amide bonds. The van der Waals surface area contributed by atoms with Crippen LogP contribution in [0, 0.1) is 0 Å². The molecule has 0 saturated carbocycles. The highest BCUT2D eigenvalue weighted by atomic mass is 19.4. The minimum absolute atomic E-state index is 1.04. The Morgan fingerprint density at radius 3 is 2.26 bits per heavy atom. The van der Waals surface area contributed by atoms with Gasteiger partial charge in [0.05, 0.1) is 0 Å². The Labute approximate surface area is 132 Å². The summed E-state index contributed by atoms with van der Waals surface area (Å²) < 4.78 is 31.7. The van der Waals surface area contributed by atoms with Gasteiger partial charge in [-0.2, -0.15) is 13.2 Å². The van der Waals surface area contributed by atoms with Gasteiger partial charge >= 0.3 is 12.1 Å². The summed E-state index contributed by atoms with van der Waals surface area (Å²) in [5.41, 5.74) is 4.35. The van der Waals surface area contributed by atoms with Gasteiger partial charge in [-0.15, -0.1) is 0 Å². The van der Waals surface area contributed by atoms with Crippen LogP contribution in [0.5, 0.6) is 0 Å². The van der Waals surface area contributed by atoms with Crippen molar-refractivity contribution < 1.29 is 23.1 Å². The zero-order valence-corrected chi connectivity index (χ0v) is 12.9. The number of piperazine rings is 1. The van der Waals surface area contributed by atoms with Gasteiger partial charge in [0.1, 0.15) is 0 Å². The summed E-state index contributed by atoms with van der Waals surface area (Å²) in [5.74, 6) is -2.76. The number of benzene rings is 1. The average molecular weight is 331 g/mol. The lowest BCUT2D eigenvalue weighted by Gasteiger charge is -2.34. The Hall–Kier alpha value is -1.80. The molecule has 1 saturated heterocycles. The molecular weight excluding hydrogens is 311 g/mol. The quantitative estimate of drug-likeness (QED) is 0.820. The van der Waals surface area contributed by atoms with Crippen molar-refractivity contribution >= 4 is 11.7 Å².